The Labute approximate surface area is 112 Å². The lowest BCUT2D eigenvalue weighted by Gasteiger charge is -2.25. The van der Waals surface area contributed by atoms with Crippen LogP contribution in [0.25, 0.3) is 6.08 Å². The van der Waals surface area contributed by atoms with Crippen LogP contribution in [0.3, 0.4) is 0 Å². The van der Waals surface area contributed by atoms with Gasteiger partial charge in [0, 0.05) is 44.3 Å². The van der Waals surface area contributed by atoms with E-state index in [0.717, 1.165) is 27.0 Å². The first-order chi connectivity index (χ1) is 7.99. The number of anilines is 1. The Bertz CT molecular complexity index is 469. The topological polar surface area (TPSA) is 18.5 Å². The van der Waals surface area contributed by atoms with Crippen molar-refractivity contribution < 1.29 is 0 Å². The molecule has 1 aliphatic rings. The van der Waals surface area contributed by atoms with Crippen molar-refractivity contribution in [3.05, 3.63) is 28.5 Å². The van der Waals surface area contributed by atoms with E-state index in [1.54, 1.807) is 11.9 Å². The molecular weight excluding hydrogens is 254 g/mol. The number of hydrogen-bond acceptors (Lipinski definition) is 4. The molecule has 0 unspecified atom stereocenters. The summed E-state index contributed by atoms with van der Waals surface area (Å²) >= 11 is 7.93. The van der Waals surface area contributed by atoms with E-state index in [2.05, 4.69) is 21.8 Å². The third kappa shape index (κ3) is 2.48. The molecule has 3 nitrogen and oxygen atoms in total. The molecule has 0 saturated carbocycles. The molecule has 92 valence electrons. The number of nitrogens with zero attached hydrogens (tertiary/aromatic N) is 2. The summed E-state index contributed by atoms with van der Waals surface area (Å²) in [5, 5.41) is 0.791. The van der Waals surface area contributed by atoms with Crippen molar-refractivity contribution in [2.45, 2.75) is 4.90 Å². The van der Waals surface area contributed by atoms with Gasteiger partial charge in [-0.25, -0.2) is 0 Å². The molecule has 0 spiro atoms. The summed E-state index contributed by atoms with van der Waals surface area (Å²) in [5.74, 6) is 1.06. The zero-order chi connectivity index (χ0) is 12.6. The Hall–Kier alpha value is -1.00. The van der Waals surface area contributed by atoms with Crippen molar-refractivity contribution in [1.29, 1.82) is 0 Å². The van der Waals surface area contributed by atoms with E-state index >= 15 is 0 Å². The summed E-state index contributed by atoms with van der Waals surface area (Å²) in [6.07, 6.45) is 2.08. The van der Waals surface area contributed by atoms with Gasteiger partial charge in [0.15, 0.2) is 0 Å². The highest BCUT2D eigenvalue weighted by Gasteiger charge is 2.16. The number of fused-ring (bicyclic) bond motifs is 1. The first kappa shape index (κ1) is 12.5. The lowest BCUT2D eigenvalue weighted by Crippen LogP contribution is -2.22. The Morgan fingerprint density at radius 2 is 1.82 bits per heavy atom. The molecule has 0 amide bonds. The Morgan fingerprint density at radius 1 is 1.12 bits per heavy atom. The van der Waals surface area contributed by atoms with Gasteiger partial charge in [0.05, 0.1) is 5.02 Å². The summed E-state index contributed by atoms with van der Waals surface area (Å²) in [6, 6.07) is 4.14. The van der Waals surface area contributed by atoms with Crippen LogP contribution in [-0.4, -0.2) is 33.1 Å². The SMILES string of the molecule is CN(C)C1=Cc2c(Cl)cc(N(C)C)cc2SN1. The largest absolute Gasteiger partial charge is 0.378 e. The number of rotatable bonds is 2. The minimum atomic E-state index is 0.791. The van der Waals surface area contributed by atoms with Crippen LogP contribution in [0.1, 0.15) is 5.56 Å². The van der Waals surface area contributed by atoms with Gasteiger partial charge in [0.1, 0.15) is 5.82 Å². The van der Waals surface area contributed by atoms with Gasteiger partial charge < -0.3 is 14.5 Å². The van der Waals surface area contributed by atoms with Gasteiger partial charge in [-0.15, -0.1) is 0 Å². The summed E-state index contributed by atoms with van der Waals surface area (Å²) in [5.41, 5.74) is 2.20. The third-order valence-corrected chi connectivity index (χ3v) is 3.80. The monoisotopic (exact) mass is 269 g/mol. The summed E-state index contributed by atoms with van der Waals surface area (Å²) in [4.78, 5) is 5.25. The lowest BCUT2D eigenvalue weighted by atomic mass is 10.1. The molecule has 1 aromatic rings. The van der Waals surface area contributed by atoms with Gasteiger partial charge in [0.25, 0.3) is 0 Å². The van der Waals surface area contributed by atoms with Gasteiger partial charge in [-0.2, -0.15) is 0 Å². The van der Waals surface area contributed by atoms with Crippen molar-refractivity contribution in [2.24, 2.45) is 0 Å². The van der Waals surface area contributed by atoms with E-state index in [1.807, 2.05) is 39.2 Å². The molecule has 0 aliphatic carbocycles. The van der Waals surface area contributed by atoms with Gasteiger partial charge in [-0.05, 0) is 30.2 Å². The zero-order valence-corrected chi connectivity index (χ0v) is 12.0. The second-order valence-electron chi connectivity index (χ2n) is 4.36. The third-order valence-electron chi connectivity index (χ3n) is 2.62. The maximum absolute atomic E-state index is 6.33. The molecule has 1 aromatic carbocycles. The average molecular weight is 270 g/mol. The van der Waals surface area contributed by atoms with Crippen molar-refractivity contribution in [2.75, 3.05) is 33.1 Å². The van der Waals surface area contributed by atoms with E-state index < -0.39 is 0 Å². The Kier molecular flexibility index (Phi) is 3.45. The molecule has 1 heterocycles. The fourth-order valence-electron chi connectivity index (χ4n) is 1.56. The molecular formula is C12H16ClN3S. The van der Waals surface area contributed by atoms with Gasteiger partial charge >= 0.3 is 0 Å². The van der Waals surface area contributed by atoms with Crippen molar-refractivity contribution in [3.63, 3.8) is 0 Å². The smallest absolute Gasteiger partial charge is 0.112 e. The van der Waals surface area contributed by atoms with Crippen LogP contribution in [0.15, 0.2) is 22.8 Å². The molecule has 1 aliphatic heterocycles. The molecule has 17 heavy (non-hydrogen) atoms. The highest BCUT2D eigenvalue weighted by atomic mass is 35.5. The molecule has 0 bridgehead atoms. The predicted molar refractivity (Wildman–Crippen MR) is 76.4 cm³/mol. The van der Waals surface area contributed by atoms with Crippen LogP contribution in [0.5, 0.6) is 0 Å². The van der Waals surface area contributed by atoms with Crippen LogP contribution in [-0.2, 0) is 0 Å². The highest BCUT2D eigenvalue weighted by Crippen LogP contribution is 2.36. The summed E-state index contributed by atoms with van der Waals surface area (Å²) < 4.78 is 3.29. The Morgan fingerprint density at radius 3 is 2.41 bits per heavy atom. The minimum absolute atomic E-state index is 0.791. The second kappa shape index (κ2) is 4.70. The van der Waals surface area contributed by atoms with Gasteiger partial charge in [-0.1, -0.05) is 11.6 Å². The lowest BCUT2D eigenvalue weighted by molar-refractivity contribution is 0.499. The maximum atomic E-state index is 6.33. The van der Waals surface area contributed by atoms with E-state index in [9.17, 15) is 0 Å². The number of hydrogen-bond donors (Lipinski definition) is 1. The minimum Gasteiger partial charge on any atom is -0.378 e. The van der Waals surface area contributed by atoms with Crippen LogP contribution in [0, 0.1) is 0 Å². The fraction of sp³-hybridized carbons (Fsp3) is 0.333. The van der Waals surface area contributed by atoms with Gasteiger partial charge in [0.2, 0.25) is 0 Å². The molecule has 2 rings (SSSR count). The molecule has 1 N–H and O–H groups in total. The van der Waals surface area contributed by atoms with E-state index in [0.29, 0.717) is 0 Å². The first-order valence-electron chi connectivity index (χ1n) is 5.32. The van der Waals surface area contributed by atoms with E-state index in [1.165, 1.54) is 0 Å². The number of benzene rings is 1. The van der Waals surface area contributed by atoms with Gasteiger partial charge in [-0.3, -0.25) is 0 Å². The second-order valence-corrected chi connectivity index (χ2v) is 5.62. The van der Waals surface area contributed by atoms with Crippen molar-refractivity contribution >= 4 is 35.3 Å². The summed E-state index contributed by atoms with van der Waals surface area (Å²) in [7, 11) is 8.04. The quantitative estimate of drug-likeness (QED) is 0.832. The molecule has 5 heteroatoms. The van der Waals surface area contributed by atoms with E-state index in [4.69, 9.17) is 11.6 Å². The molecule has 0 saturated heterocycles. The molecule has 0 radical (unpaired) electrons. The van der Waals surface area contributed by atoms with Crippen LogP contribution >= 0.6 is 23.5 Å². The van der Waals surface area contributed by atoms with Crippen molar-refractivity contribution in [1.82, 2.24) is 9.62 Å². The average Bonchev–Trinajstić information content (AvgIpc) is 2.28. The number of halogens is 1. The normalized spacial score (nSPS) is 13.6. The Balaban J connectivity index is 2.47. The molecule has 0 atom stereocenters. The maximum Gasteiger partial charge on any atom is 0.112 e. The zero-order valence-electron chi connectivity index (χ0n) is 10.4. The van der Waals surface area contributed by atoms with Crippen molar-refractivity contribution in [3.8, 4) is 0 Å². The number of nitrogens with one attached hydrogen (secondary N) is 1. The van der Waals surface area contributed by atoms with Crippen LogP contribution in [0.2, 0.25) is 5.02 Å². The fourth-order valence-corrected chi connectivity index (χ4v) is 2.79. The van der Waals surface area contributed by atoms with Crippen LogP contribution < -0.4 is 9.62 Å². The summed E-state index contributed by atoms with van der Waals surface area (Å²) in [6.45, 7) is 0. The molecule has 0 aromatic heterocycles. The van der Waals surface area contributed by atoms with Crippen LogP contribution in [0.4, 0.5) is 5.69 Å². The first-order valence-corrected chi connectivity index (χ1v) is 6.51. The highest BCUT2D eigenvalue weighted by molar-refractivity contribution is 7.97. The predicted octanol–water partition coefficient (Wildman–Crippen LogP) is 2.88. The van der Waals surface area contributed by atoms with E-state index in [-0.39, 0.29) is 0 Å². The standard InChI is InChI=1S/C12H16ClN3S/c1-15(2)8-5-10(13)9-7-12(16(3)4)14-17-11(9)6-8/h5-7,14H,1-4H3. The molecule has 0 fully saturated rings.